The quantitative estimate of drug-likeness (QED) is 0.608. The van der Waals surface area contributed by atoms with Crippen LogP contribution in [0.2, 0.25) is 0 Å². The summed E-state index contributed by atoms with van der Waals surface area (Å²) in [6.45, 7) is 3.33. The summed E-state index contributed by atoms with van der Waals surface area (Å²) >= 11 is 0. The maximum atomic E-state index is 13.2. The number of nitrogens with zero attached hydrogens (tertiary/aromatic N) is 1. The number of aromatic nitrogens is 1. The second-order valence-corrected chi connectivity index (χ2v) is 7.29. The maximum absolute atomic E-state index is 13.2. The van der Waals surface area contributed by atoms with Gasteiger partial charge in [-0.2, -0.15) is 0 Å². The highest BCUT2D eigenvalue weighted by atomic mass is 16.5. The number of carbonyl (C=O) groups is 2. The number of methoxy groups -OCH3 is 1. The van der Waals surface area contributed by atoms with Crippen LogP contribution < -0.4 is 5.32 Å². The molecular formula is C23H25N3O3. The Morgan fingerprint density at radius 3 is 2.76 bits per heavy atom. The number of fused-ring (bicyclic) bond motifs is 2. The second kappa shape index (κ2) is 8.09. The lowest BCUT2D eigenvalue weighted by atomic mass is 9.95. The molecule has 1 aliphatic rings. The van der Waals surface area contributed by atoms with Crippen molar-refractivity contribution in [1.29, 1.82) is 0 Å². The number of rotatable bonds is 7. The van der Waals surface area contributed by atoms with Gasteiger partial charge in [-0.3, -0.25) is 9.59 Å². The number of hydrogen-bond acceptors (Lipinski definition) is 3. The highest BCUT2D eigenvalue weighted by molar-refractivity contribution is 6.01. The first kappa shape index (κ1) is 19.2. The van der Waals surface area contributed by atoms with E-state index in [9.17, 15) is 9.59 Å². The Bertz CT molecular complexity index is 1060. The van der Waals surface area contributed by atoms with Crippen LogP contribution in [0.5, 0.6) is 0 Å². The minimum atomic E-state index is -0.207. The molecule has 1 atom stereocenters. The molecule has 4 rings (SSSR count). The number of H-pyrrole nitrogens is 1. The van der Waals surface area contributed by atoms with Crippen molar-refractivity contribution < 1.29 is 14.3 Å². The number of ether oxygens (including phenoxy) is 1. The molecular weight excluding hydrogens is 366 g/mol. The summed E-state index contributed by atoms with van der Waals surface area (Å²) in [5, 5.41) is 3.93. The zero-order chi connectivity index (χ0) is 20.4. The molecule has 0 aliphatic carbocycles. The summed E-state index contributed by atoms with van der Waals surface area (Å²) in [5.41, 5.74) is 4.88. The molecule has 0 unspecified atom stereocenters. The van der Waals surface area contributed by atoms with E-state index in [0.29, 0.717) is 25.3 Å². The van der Waals surface area contributed by atoms with Crippen LogP contribution in [0, 0.1) is 6.92 Å². The average Bonchev–Trinajstić information content (AvgIpc) is 3.20. The Balaban J connectivity index is 1.68. The van der Waals surface area contributed by atoms with Crippen LogP contribution in [0.3, 0.4) is 0 Å². The fraction of sp³-hybridized carbons (Fsp3) is 0.304. The van der Waals surface area contributed by atoms with Gasteiger partial charge in [0.2, 0.25) is 5.91 Å². The first-order valence-corrected chi connectivity index (χ1v) is 9.84. The van der Waals surface area contributed by atoms with Gasteiger partial charge in [-0.05, 0) is 24.6 Å². The van der Waals surface area contributed by atoms with Crippen molar-refractivity contribution in [2.24, 2.45) is 0 Å². The van der Waals surface area contributed by atoms with Crippen LogP contribution in [0.15, 0.2) is 48.5 Å². The molecule has 0 radical (unpaired) electrons. The minimum Gasteiger partial charge on any atom is -0.383 e. The predicted octanol–water partition coefficient (Wildman–Crippen LogP) is 3.17. The topological polar surface area (TPSA) is 74.4 Å². The van der Waals surface area contributed by atoms with E-state index < -0.39 is 0 Å². The average molecular weight is 391 g/mol. The summed E-state index contributed by atoms with van der Waals surface area (Å²) in [6.07, 6.45) is 0.251. The van der Waals surface area contributed by atoms with Gasteiger partial charge in [0.25, 0.3) is 5.91 Å². The molecule has 29 heavy (non-hydrogen) atoms. The summed E-state index contributed by atoms with van der Waals surface area (Å²) in [7, 11) is 1.60. The monoisotopic (exact) mass is 391 g/mol. The molecule has 0 bridgehead atoms. The van der Waals surface area contributed by atoms with Crippen LogP contribution in [0.25, 0.3) is 10.9 Å². The van der Waals surface area contributed by atoms with Gasteiger partial charge in [-0.1, -0.05) is 36.4 Å². The van der Waals surface area contributed by atoms with Gasteiger partial charge < -0.3 is 19.9 Å². The number of hydrogen-bond donors (Lipinski definition) is 2. The van der Waals surface area contributed by atoms with Gasteiger partial charge in [-0.15, -0.1) is 0 Å². The van der Waals surface area contributed by atoms with Crippen molar-refractivity contribution in [3.05, 3.63) is 70.9 Å². The molecule has 2 heterocycles. The molecule has 1 aliphatic heterocycles. The van der Waals surface area contributed by atoms with E-state index in [1.807, 2.05) is 54.3 Å². The number of nitrogens with one attached hydrogen (secondary N) is 2. The Morgan fingerprint density at radius 2 is 1.93 bits per heavy atom. The number of amides is 2. The molecule has 2 aromatic carbocycles. The van der Waals surface area contributed by atoms with Gasteiger partial charge >= 0.3 is 0 Å². The number of aromatic amines is 1. The molecule has 3 aromatic rings. The Labute approximate surface area is 169 Å². The zero-order valence-electron chi connectivity index (χ0n) is 16.7. The van der Waals surface area contributed by atoms with E-state index in [4.69, 9.17) is 4.74 Å². The van der Waals surface area contributed by atoms with Gasteiger partial charge in [0.05, 0.1) is 12.6 Å². The molecule has 0 fully saturated rings. The number of aryl methyl sites for hydroxylation is 1. The fourth-order valence-corrected chi connectivity index (χ4v) is 4.17. The Morgan fingerprint density at radius 1 is 1.17 bits per heavy atom. The molecule has 1 aromatic heterocycles. The van der Waals surface area contributed by atoms with E-state index in [0.717, 1.165) is 27.7 Å². The lowest BCUT2D eigenvalue weighted by Gasteiger charge is -2.26. The first-order chi connectivity index (χ1) is 14.1. The highest BCUT2D eigenvalue weighted by Gasteiger charge is 2.39. The number of benzene rings is 2. The summed E-state index contributed by atoms with van der Waals surface area (Å²) in [5.74, 6) is -0.111. The van der Waals surface area contributed by atoms with Crippen molar-refractivity contribution >= 4 is 22.7 Å². The molecule has 6 nitrogen and oxygen atoms in total. The first-order valence-electron chi connectivity index (χ1n) is 9.84. The summed E-state index contributed by atoms with van der Waals surface area (Å²) < 4.78 is 4.97. The maximum Gasteiger partial charge on any atom is 0.255 e. The predicted molar refractivity (Wildman–Crippen MR) is 112 cm³/mol. The van der Waals surface area contributed by atoms with Crippen LogP contribution >= 0.6 is 0 Å². The van der Waals surface area contributed by atoms with Gasteiger partial charge in [0, 0.05) is 54.3 Å². The molecule has 0 spiro atoms. The second-order valence-electron chi connectivity index (χ2n) is 7.29. The Hall–Kier alpha value is -3.12. The number of para-hydroxylation sites is 1. The standard InChI is InChI=1S/C23H25N3O3/c1-15-21(18-9-5-6-10-19(18)25-15)22-16-7-3-4-8-17(16)23(28)26(22)13-11-20(27)24-12-14-29-2/h3-10,22,25H,11-14H2,1-2H3,(H,24,27)/t22-/m1/s1. The van der Waals surface area contributed by atoms with E-state index >= 15 is 0 Å². The highest BCUT2D eigenvalue weighted by Crippen LogP contribution is 2.42. The SMILES string of the molecule is COCCNC(=O)CCN1C(=O)c2ccccc2[C@@H]1c1c(C)[nH]c2ccccc12. The third kappa shape index (κ3) is 3.51. The van der Waals surface area contributed by atoms with Crippen molar-refractivity contribution in [3.63, 3.8) is 0 Å². The molecule has 0 saturated heterocycles. The van der Waals surface area contributed by atoms with Crippen LogP contribution in [0.4, 0.5) is 0 Å². The summed E-state index contributed by atoms with van der Waals surface area (Å²) in [6, 6.07) is 15.7. The van der Waals surface area contributed by atoms with Crippen molar-refractivity contribution in [1.82, 2.24) is 15.2 Å². The molecule has 6 heteroatoms. The third-order valence-corrected chi connectivity index (χ3v) is 5.48. The Kier molecular flexibility index (Phi) is 5.36. The smallest absolute Gasteiger partial charge is 0.255 e. The van der Waals surface area contributed by atoms with Crippen LogP contribution in [0.1, 0.15) is 39.6 Å². The molecule has 2 amide bonds. The zero-order valence-corrected chi connectivity index (χ0v) is 16.7. The van der Waals surface area contributed by atoms with Crippen LogP contribution in [-0.2, 0) is 9.53 Å². The molecule has 2 N–H and O–H groups in total. The van der Waals surface area contributed by atoms with Gasteiger partial charge in [-0.25, -0.2) is 0 Å². The van der Waals surface area contributed by atoms with E-state index in [1.165, 1.54) is 0 Å². The van der Waals surface area contributed by atoms with Gasteiger partial charge in [0.1, 0.15) is 0 Å². The van der Waals surface area contributed by atoms with E-state index in [2.05, 4.69) is 16.4 Å². The number of carbonyl (C=O) groups excluding carboxylic acids is 2. The van der Waals surface area contributed by atoms with Crippen LogP contribution in [-0.4, -0.2) is 48.5 Å². The lowest BCUT2D eigenvalue weighted by Crippen LogP contribution is -2.34. The largest absolute Gasteiger partial charge is 0.383 e. The lowest BCUT2D eigenvalue weighted by molar-refractivity contribution is -0.121. The van der Waals surface area contributed by atoms with Crippen molar-refractivity contribution in [3.8, 4) is 0 Å². The van der Waals surface area contributed by atoms with E-state index in [-0.39, 0.29) is 24.3 Å². The van der Waals surface area contributed by atoms with Crippen molar-refractivity contribution in [2.45, 2.75) is 19.4 Å². The van der Waals surface area contributed by atoms with Crippen molar-refractivity contribution in [2.75, 3.05) is 26.8 Å². The summed E-state index contributed by atoms with van der Waals surface area (Å²) in [4.78, 5) is 30.7. The fourth-order valence-electron chi connectivity index (χ4n) is 4.17. The van der Waals surface area contributed by atoms with E-state index in [1.54, 1.807) is 7.11 Å². The minimum absolute atomic E-state index is 0.0278. The third-order valence-electron chi connectivity index (χ3n) is 5.48. The van der Waals surface area contributed by atoms with Gasteiger partial charge in [0.15, 0.2) is 0 Å². The normalized spacial score (nSPS) is 15.7. The molecule has 0 saturated carbocycles. The molecule has 150 valence electrons.